The van der Waals surface area contributed by atoms with Gasteiger partial charge in [0.1, 0.15) is 6.33 Å². The van der Waals surface area contributed by atoms with E-state index in [1.807, 2.05) is 13.0 Å². The number of carbonyl (C=O) groups excluding carboxylic acids is 1. The minimum atomic E-state index is -0.256. The number of amides is 1. The average Bonchev–Trinajstić information content (AvgIpc) is 3.12. The Bertz CT molecular complexity index is 906. The summed E-state index contributed by atoms with van der Waals surface area (Å²) in [5.41, 5.74) is 0.323. The zero-order chi connectivity index (χ0) is 16.9. The molecule has 0 aliphatic carbocycles. The highest BCUT2D eigenvalue weighted by Gasteiger charge is 2.16. The first-order valence-electron chi connectivity index (χ1n) is 7.47. The number of carbonyl (C=O) groups is 1. The molecule has 3 aromatic rings. The number of hydrogen-bond acceptors (Lipinski definition) is 6. The van der Waals surface area contributed by atoms with Crippen molar-refractivity contribution in [1.29, 1.82) is 0 Å². The summed E-state index contributed by atoms with van der Waals surface area (Å²) in [5.74, 6) is 0.335. The van der Waals surface area contributed by atoms with Crippen LogP contribution < -0.4 is 10.9 Å². The molecule has 2 N–H and O–H groups in total. The van der Waals surface area contributed by atoms with Gasteiger partial charge in [0.05, 0.1) is 16.7 Å². The molecule has 24 heavy (non-hydrogen) atoms. The largest absolute Gasteiger partial charge is 0.355 e. The summed E-state index contributed by atoms with van der Waals surface area (Å²) in [6.45, 7) is 2.61. The van der Waals surface area contributed by atoms with Crippen molar-refractivity contribution in [2.24, 2.45) is 0 Å². The number of hydrogen-bond donors (Lipinski definition) is 2. The van der Waals surface area contributed by atoms with Gasteiger partial charge in [-0.3, -0.25) is 9.59 Å². The van der Waals surface area contributed by atoms with Gasteiger partial charge in [0.2, 0.25) is 11.9 Å². The molecule has 3 rings (SSSR count). The third kappa shape index (κ3) is 3.30. The third-order valence-electron chi connectivity index (χ3n) is 3.26. The fourth-order valence-electron chi connectivity index (χ4n) is 2.15. The number of rotatable bonds is 6. The van der Waals surface area contributed by atoms with Crippen LogP contribution in [0.25, 0.3) is 16.9 Å². The van der Waals surface area contributed by atoms with Crippen molar-refractivity contribution in [3.05, 3.63) is 40.9 Å². The number of fused-ring (bicyclic) bond motifs is 1. The molecule has 124 valence electrons. The van der Waals surface area contributed by atoms with Crippen molar-refractivity contribution >= 4 is 28.6 Å². The second-order valence-electron chi connectivity index (χ2n) is 5.00. The molecule has 0 atom stereocenters. The van der Waals surface area contributed by atoms with Gasteiger partial charge in [0.15, 0.2) is 5.16 Å². The van der Waals surface area contributed by atoms with E-state index in [0.29, 0.717) is 22.6 Å². The zero-order valence-corrected chi connectivity index (χ0v) is 13.8. The molecular weight excluding hydrogens is 328 g/mol. The highest BCUT2D eigenvalue weighted by Crippen LogP contribution is 2.19. The van der Waals surface area contributed by atoms with Crippen molar-refractivity contribution in [3.63, 3.8) is 0 Å². The second kappa shape index (κ2) is 7.26. The van der Waals surface area contributed by atoms with E-state index in [0.717, 1.165) is 6.42 Å². The maximum Gasteiger partial charge on any atom is 0.269 e. The van der Waals surface area contributed by atoms with Crippen LogP contribution in [0.5, 0.6) is 0 Å². The molecule has 0 unspecified atom stereocenters. The first-order chi connectivity index (χ1) is 11.7. The van der Waals surface area contributed by atoms with Gasteiger partial charge in [0, 0.05) is 6.54 Å². The number of aromatic amines is 1. The molecule has 2 aromatic heterocycles. The van der Waals surface area contributed by atoms with Gasteiger partial charge in [-0.05, 0) is 18.6 Å². The van der Waals surface area contributed by atoms with Crippen molar-refractivity contribution in [2.75, 3.05) is 12.3 Å². The van der Waals surface area contributed by atoms with E-state index in [4.69, 9.17) is 0 Å². The maximum atomic E-state index is 12.8. The van der Waals surface area contributed by atoms with Crippen molar-refractivity contribution in [3.8, 4) is 5.95 Å². The third-order valence-corrected chi connectivity index (χ3v) is 4.20. The summed E-state index contributed by atoms with van der Waals surface area (Å²) < 4.78 is 1.34. The standard InChI is InChI=1S/C15H16N6O2S/c1-2-7-16-12(22)8-24-15-19-11-6-4-3-5-10(11)13(23)21(15)14-17-9-18-20-14/h3-6,9H,2,7-8H2,1H3,(H,16,22)(H,17,18,20). The van der Waals surface area contributed by atoms with E-state index in [1.165, 1.54) is 22.7 Å². The summed E-state index contributed by atoms with van der Waals surface area (Å²) >= 11 is 1.18. The molecule has 0 bridgehead atoms. The van der Waals surface area contributed by atoms with E-state index in [2.05, 4.69) is 25.5 Å². The van der Waals surface area contributed by atoms with Gasteiger partial charge >= 0.3 is 0 Å². The number of aromatic nitrogens is 5. The van der Waals surface area contributed by atoms with Gasteiger partial charge < -0.3 is 5.32 Å². The van der Waals surface area contributed by atoms with Crippen LogP contribution >= 0.6 is 11.8 Å². The summed E-state index contributed by atoms with van der Waals surface area (Å²) in [4.78, 5) is 33.2. The smallest absolute Gasteiger partial charge is 0.269 e. The molecule has 2 heterocycles. The van der Waals surface area contributed by atoms with Crippen LogP contribution in [0.2, 0.25) is 0 Å². The lowest BCUT2D eigenvalue weighted by atomic mass is 10.2. The van der Waals surface area contributed by atoms with E-state index in [1.54, 1.807) is 18.2 Å². The maximum absolute atomic E-state index is 12.8. The van der Waals surface area contributed by atoms with Gasteiger partial charge in [0.25, 0.3) is 5.56 Å². The molecule has 0 aliphatic heterocycles. The number of nitrogens with one attached hydrogen (secondary N) is 2. The highest BCUT2D eigenvalue weighted by atomic mass is 32.2. The predicted molar refractivity (Wildman–Crippen MR) is 91.3 cm³/mol. The van der Waals surface area contributed by atoms with Crippen molar-refractivity contribution in [1.82, 2.24) is 30.0 Å². The summed E-state index contributed by atoms with van der Waals surface area (Å²) in [5, 5.41) is 10.1. The Kier molecular flexibility index (Phi) is 4.90. The fraction of sp³-hybridized carbons (Fsp3) is 0.267. The van der Waals surface area contributed by atoms with Crippen LogP contribution in [-0.4, -0.2) is 42.9 Å². The first-order valence-corrected chi connectivity index (χ1v) is 8.46. The summed E-state index contributed by atoms with van der Waals surface area (Å²) in [6.07, 6.45) is 2.19. The number of H-pyrrole nitrogens is 1. The van der Waals surface area contributed by atoms with Gasteiger partial charge in [-0.25, -0.2) is 14.6 Å². The molecule has 0 spiro atoms. The highest BCUT2D eigenvalue weighted by molar-refractivity contribution is 7.99. The van der Waals surface area contributed by atoms with Gasteiger partial charge in [-0.1, -0.05) is 30.8 Å². The van der Waals surface area contributed by atoms with Crippen LogP contribution in [0.15, 0.2) is 40.5 Å². The van der Waals surface area contributed by atoms with E-state index >= 15 is 0 Å². The molecule has 9 heteroatoms. The molecular formula is C15H16N6O2S. The lowest BCUT2D eigenvalue weighted by molar-refractivity contribution is -0.118. The summed E-state index contributed by atoms with van der Waals surface area (Å²) in [6, 6.07) is 7.07. The van der Waals surface area contributed by atoms with Gasteiger partial charge in [-0.2, -0.15) is 10.1 Å². The minimum absolute atomic E-state index is 0.103. The predicted octanol–water partition coefficient (Wildman–Crippen LogP) is 1.12. The first kappa shape index (κ1) is 16.2. The lowest BCUT2D eigenvalue weighted by Gasteiger charge is -2.10. The Labute approximate surface area is 141 Å². The van der Waals surface area contributed by atoms with E-state index < -0.39 is 0 Å². The number of benzene rings is 1. The normalized spacial score (nSPS) is 10.9. The fourth-order valence-corrected chi connectivity index (χ4v) is 2.97. The van der Waals surface area contributed by atoms with Crippen LogP contribution in [0.4, 0.5) is 0 Å². The van der Waals surface area contributed by atoms with Crippen LogP contribution in [0, 0.1) is 0 Å². The summed E-state index contributed by atoms with van der Waals surface area (Å²) in [7, 11) is 0. The second-order valence-corrected chi connectivity index (χ2v) is 5.94. The Morgan fingerprint density at radius 1 is 1.38 bits per heavy atom. The van der Waals surface area contributed by atoms with Crippen LogP contribution in [-0.2, 0) is 4.79 Å². The molecule has 0 aliphatic rings. The van der Waals surface area contributed by atoms with Crippen molar-refractivity contribution in [2.45, 2.75) is 18.5 Å². The average molecular weight is 344 g/mol. The minimum Gasteiger partial charge on any atom is -0.355 e. The van der Waals surface area contributed by atoms with Crippen LogP contribution in [0.1, 0.15) is 13.3 Å². The lowest BCUT2D eigenvalue weighted by Crippen LogP contribution is -2.27. The molecule has 0 radical (unpaired) electrons. The Hall–Kier alpha value is -2.68. The monoisotopic (exact) mass is 344 g/mol. The SMILES string of the molecule is CCCNC(=O)CSc1nc2ccccc2c(=O)n1-c1ncn[nH]1. The number of nitrogens with zero attached hydrogens (tertiary/aromatic N) is 4. The molecule has 0 saturated carbocycles. The Morgan fingerprint density at radius 3 is 2.96 bits per heavy atom. The Balaban J connectivity index is 2.00. The molecule has 0 fully saturated rings. The topological polar surface area (TPSA) is 106 Å². The number of para-hydroxylation sites is 1. The Morgan fingerprint density at radius 2 is 2.21 bits per heavy atom. The van der Waals surface area contributed by atoms with E-state index in [-0.39, 0.29) is 23.2 Å². The van der Waals surface area contributed by atoms with E-state index in [9.17, 15) is 9.59 Å². The molecule has 8 nitrogen and oxygen atoms in total. The van der Waals surface area contributed by atoms with Crippen LogP contribution in [0.3, 0.4) is 0 Å². The number of thioether (sulfide) groups is 1. The zero-order valence-electron chi connectivity index (χ0n) is 13.0. The molecule has 1 aromatic carbocycles. The quantitative estimate of drug-likeness (QED) is 0.513. The molecule has 1 amide bonds. The molecule has 0 saturated heterocycles. The van der Waals surface area contributed by atoms with Crippen molar-refractivity contribution < 1.29 is 4.79 Å². The van der Waals surface area contributed by atoms with Gasteiger partial charge in [-0.15, -0.1) is 0 Å².